The Morgan fingerprint density at radius 1 is 1.53 bits per heavy atom. The van der Waals surface area contributed by atoms with Crippen molar-refractivity contribution in [2.24, 2.45) is 0 Å². The van der Waals surface area contributed by atoms with Crippen LogP contribution >= 0.6 is 0 Å². The molecule has 0 aromatic rings. The summed E-state index contributed by atoms with van der Waals surface area (Å²) < 4.78 is 4.71. The van der Waals surface area contributed by atoms with Crippen molar-refractivity contribution in [3.63, 3.8) is 0 Å². The zero-order chi connectivity index (χ0) is 12.9. The quantitative estimate of drug-likeness (QED) is 0.743. The molecule has 0 unspecified atom stereocenters. The van der Waals surface area contributed by atoms with Gasteiger partial charge in [-0.3, -0.25) is 0 Å². The van der Waals surface area contributed by atoms with Crippen molar-refractivity contribution < 1.29 is 19.4 Å². The lowest BCUT2D eigenvalue weighted by Gasteiger charge is -2.35. The van der Waals surface area contributed by atoms with E-state index in [1.165, 1.54) is 4.90 Å². The predicted octanol–water partition coefficient (Wildman–Crippen LogP) is 0.769. The normalized spacial score (nSPS) is 18.0. The molecule has 1 heterocycles. The maximum absolute atomic E-state index is 11.3. The first-order valence-corrected chi connectivity index (χ1v) is 5.37. The number of carbonyl (C=O) groups is 2. The summed E-state index contributed by atoms with van der Waals surface area (Å²) in [5, 5.41) is 20.4. The van der Waals surface area contributed by atoms with Crippen LogP contribution in [0.1, 0.15) is 19.8 Å². The molecule has 1 saturated heterocycles. The minimum Gasteiger partial charge on any atom is -0.465 e. The van der Waals surface area contributed by atoms with Crippen molar-refractivity contribution in [2.75, 3.05) is 19.7 Å². The van der Waals surface area contributed by atoms with E-state index in [9.17, 15) is 9.59 Å². The monoisotopic (exact) mass is 241 g/mol. The van der Waals surface area contributed by atoms with Crippen LogP contribution in [0, 0.1) is 11.3 Å². The second-order valence-corrected chi connectivity index (χ2v) is 3.81. The fourth-order valence-corrected chi connectivity index (χ4v) is 1.71. The molecule has 1 aliphatic rings. The third kappa shape index (κ3) is 3.24. The molecular formula is C10H15N3O4. The number of carboxylic acid groups (broad SMARTS) is 1. The van der Waals surface area contributed by atoms with Gasteiger partial charge in [-0.1, -0.05) is 0 Å². The Balaban J connectivity index is 2.59. The van der Waals surface area contributed by atoms with E-state index in [4.69, 9.17) is 15.1 Å². The van der Waals surface area contributed by atoms with Crippen LogP contribution in [0.4, 0.5) is 9.59 Å². The third-order valence-corrected chi connectivity index (χ3v) is 2.72. The molecule has 0 spiro atoms. The maximum Gasteiger partial charge on any atom is 0.408 e. The molecule has 0 bridgehead atoms. The van der Waals surface area contributed by atoms with Crippen molar-refractivity contribution in [1.82, 2.24) is 10.2 Å². The van der Waals surface area contributed by atoms with Gasteiger partial charge < -0.3 is 20.1 Å². The Hall–Kier alpha value is -1.97. The number of likely N-dealkylation sites (tertiary alicyclic amines) is 1. The molecule has 2 N–H and O–H groups in total. The third-order valence-electron chi connectivity index (χ3n) is 2.72. The van der Waals surface area contributed by atoms with Crippen molar-refractivity contribution in [2.45, 2.75) is 25.3 Å². The number of nitriles is 1. The average Bonchev–Trinajstić information content (AvgIpc) is 2.30. The molecule has 2 amide bonds. The van der Waals surface area contributed by atoms with E-state index in [1.54, 1.807) is 6.92 Å². The Kier molecular flexibility index (Phi) is 4.15. The topological polar surface area (TPSA) is 103 Å². The molecule has 0 saturated carbocycles. The van der Waals surface area contributed by atoms with Crippen LogP contribution in [0.5, 0.6) is 0 Å². The second kappa shape index (κ2) is 5.39. The first kappa shape index (κ1) is 13.1. The summed E-state index contributed by atoms with van der Waals surface area (Å²) in [6.07, 6.45) is -1.10. The Labute approximate surface area is 99.0 Å². The largest absolute Gasteiger partial charge is 0.465 e. The minimum absolute atomic E-state index is 0.231. The molecule has 1 fully saturated rings. The lowest BCUT2D eigenvalue weighted by Crippen LogP contribution is -2.55. The molecule has 1 rings (SSSR count). The number of piperidine rings is 1. The van der Waals surface area contributed by atoms with E-state index in [0.29, 0.717) is 0 Å². The van der Waals surface area contributed by atoms with Gasteiger partial charge in [0.1, 0.15) is 5.54 Å². The van der Waals surface area contributed by atoms with E-state index in [-0.39, 0.29) is 32.5 Å². The van der Waals surface area contributed by atoms with Crippen LogP contribution in [-0.2, 0) is 4.74 Å². The van der Waals surface area contributed by atoms with E-state index < -0.39 is 17.7 Å². The molecule has 0 aliphatic carbocycles. The lowest BCUT2D eigenvalue weighted by molar-refractivity contribution is 0.110. The Morgan fingerprint density at radius 3 is 2.53 bits per heavy atom. The predicted molar refractivity (Wildman–Crippen MR) is 57.3 cm³/mol. The van der Waals surface area contributed by atoms with Gasteiger partial charge in [-0.2, -0.15) is 5.26 Å². The number of ether oxygens (including phenoxy) is 1. The molecule has 0 aromatic carbocycles. The van der Waals surface area contributed by atoms with Gasteiger partial charge in [0, 0.05) is 25.9 Å². The molecule has 94 valence electrons. The van der Waals surface area contributed by atoms with Crippen LogP contribution in [-0.4, -0.2) is 47.4 Å². The number of rotatable bonds is 2. The zero-order valence-corrected chi connectivity index (χ0v) is 9.60. The van der Waals surface area contributed by atoms with Crippen LogP contribution in [0.15, 0.2) is 0 Å². The first-order valence-electron chi connectivity index (χ1n) is 5.37. The minimum atomic E-state index is -1.02. The van der Waals surface area contributed by atoms with Gasteiger partial charge in [-0.15, -0.1) is 0 Å². The summed E-state index contributed by atoms with van der Waals surface area (Å²) in [4.78, 5) is 23.2. The molecule has 17 heavy (non-hydrogen) atoms. The second-order valence-electron chi connectivity index (χ2n) is 3.81. The standard InChI is InChI=1S/C10H15N3O4/c1-2-17-8(14)12-10(7-11)3-5-13(6-4-10)9(15)16/h2-6H2,1H3,(H,12,14)(H,15,16). The number of amides is 2. The van der Waals surface area contributed by atoms with E-state index >= 15 is 0 Å². The molecule has 0 radical (unpaired) electrons. The fourth-order valence-electron chi connectivity index (χ4n) is 1.71. The van der Waals surface area contributed by atoms with Crippen molar-refractivity contribution in [1.29, 1.82) is 5.26 Å². The zero-order valence-electron chi connectivity index (χ0n) is 9.60. The van der Waals surface area contributed by atoms with E-state index in [2.05, 4.69) is 5.32 Å². The summed E-state index contributed by atoms with van der Waals surface area (Å²) in [6, 6.07) is 2.03. The fraction of sp³-hybridized carbons (Fsp3) is 0.700. The van der Waals surface area contributed by atoms with Gasteiger partial charge in [-0.25, -0.2) is 9.59 Å². The highest BCUT2D eigenvalue weighted by molar-refractivity contribution is 5.69. The lowest BCUT2D eigenvalue weighted by atomic mass is 9.89. The van der Waals surface area contributed by atoms with Gasteiger partial charge in [0.15, 0.2) is 0 Å². The SMILES string of the molecule is CCOC(=O)NC1(C#N)CCN(C(=O)O)CC1. The van der Waals surface area contributed by atoms with Crippen LogP contribution in [0.2, 0.25) is 0 Å². The number of hydrogen-bond acceptors (Lipinski definition) is 4. The Bertz CT molecular complexity index is 342. The van der Waals surface area contributed by atoms with Crippen LogP contribution in [0.3, 0.4) is 0 Å². The summed E-state index contributed by atoms with van der Waals surface area (Å²) in [5.74, 6) is 0. The average molecular weight is 241 g/mol. The van der Waals surface area contributed by atoms with Crippen molar-refractivity contribution in [3.05, 3.63) is 0 Å². The highest BCUT2D eigenvalue weighted by atomic mass is 16.5. The maximum atomic E-state index is 11.3. The summed E-state index contributed by atoms with van der Waals surface area (Å²) in [6.45, 7) is 2.37. The van der Waals surface area contributed by atoms with Gasteiger partial charge >= 0.3 is 12.2 Å². The van der Waals surface area contributed by atoms with Gasteiger partial charge in [0.25, 0.3) is 0 Å². The summed E-state index contributed by atoms with van der Waals surface area (Å²) in [7, 11) is 0. The first-order chi connectivity index (χ1) is 8.03. The van der Waals surface area contributed by atoms with Crippen molar-refractivity contribution >= 4 is 12.2 Å². The molecular weight excluding hydrogens is 226 g/mol. The van der Waals surface area contributed by atoms with Crippen LogP contribution in [0.25, 0.3) is 0 Å². The molecule has 0 aromatic heterocycles. The number of alkyl carbamates (subject to hydrolysis) is 1. The molecule has 1 aliphatic heterocycles. The highest BCUT2D eigenvalue weighted by Crippen LogP contribution is 2.21. The van der Waals surface area contributed by atoms with E-state index in [1.807, 2.05) is 6.07 Å². The van der Waals surface area contributed by atoms with Crippen LogP contribution < -0.4 is 5.32 Å². The number of hydrogen-bond donors (Lipinski definition) is 2. The highest BCUT2D eigenvalue weighted by Gasteiger charge is 2.37. The van der Waals surface area contributed by atoms with Gasteiger partial charge in [0.2, 0.25) is 0 Å². The number of carbonyl (C=O) groups excluding carboxylic acids is 1. The van der Waals surface area contributed by atoms with Gasteiger partial charge in [-0.05, 0) is 6.92 Å². The van der Waals surface area contributed by atoms with Gasteiger partial charge in [0.05, 0.1) is 12.7 Å². The van der Waals surface area contributed by atoms with Crippen molar-refractivity contribution in [3.8, 4) is 6.07 Å². The number of nitrogens with zero attached hydrogens (tertiary/aromatic N) is 2. The smallest absolute Gasteiger partial charge is 0.408 e. The van der Waals surface area contributed by atoms with E-state index in [0.717, 1.165) is 0 Å². The molecule has 7 heteroatoms. The summed E-state index contributed by atoms with van der Waals surface area (Å²) in [5.41, 5.74) is -1.02. The Morgan fingerprint density at radius 2 is 2.12 bits per heavy atom. The number of nitrogens with one attached hydrogen (secondary N) is 1. The molecule has 0 atom stereocenters. The molecule has 7 nitrogen and oxygen atoms in total. The summed E-state index contributed by atoms with van der Waals surface area (Å²) >= 11 is 0.